The van der Waals surface area contributed by atoms with Crippen LogP contribution in [0.15, 0.2) is 0 Å². The molecule has 0 aromatic heterocycles. The van der Waals surface area contributed by atoms with Crippen molar-refractivity contribution in [3.63, 3.8) is 0 Å². The average Bonchev–Trinajstić information content (AvgIpc) is 2.62. The zero-order valence-corrected chi connectivity index (χ0v) is 6.29. The number of ether oxygens (including phenoxy) is 1. The molecule has 0 bridgehead atoms. The largest absolute Gasteiger partial charge is 0.366 e. The van der Waals surface area contributed by atoms with Gasteiger partial charge in [0, 0.05) is 6.04 Å². The second-order valence-corrected chi connectivity index (χ2v) is 2.80. The van der Waals surface area contributed by atoms with Crippen LogP contribution >= 0.6 is 0 Å². The van der Waals surface area contributed by atoms with Crippen molar-refractivity contribution in [3.8, 4) is 0 Å². The number of aliphatic hydroxyl groups excluding tert-OH is 1. The lowest BCUT2D eigenvalue weighted by molar-refractivity contribution is 0.155. The van der Waals surface area contributed by atoms with E-state index in [4.69, 9.17) is 15.6 Å². The molecule has 3 heteroatoms. The van der Waals surface area contributed by atoms with Crippen LogP contribution in [0.4, 0.5) is 0 Å². The van der Waals surface area contributed by atoms with Crippen LogP contribution in [0.5, 0.6) is 0 Å². The second kappa shape index (κ2) is 3.32. The molecule has 1 heterocycles. The molecule has 0 aliphatic carbocycles. The van der Waals surface area contributed by atoms with E-state index in [1.165, 1.54) is 0 Å². The molecule has 60 valence electrons. The fraction of sp³-hybridized carbons (Fsp3) is 1.00. The van der Waals surface area contributed by atoms with Gasteiger partial charge in [-0.3, -0.25) is 0 Å². The molecule has 3 nitrogen and oxygen atoms in total. The number of nitrogens with two attached hydrogens (primary N) is 1. The van der Waals surface area contributed by atoms with Gasteiger partial charge in [-0.25, -0.2) is 0 Å². The summed E-state index contributed by atoms with van der Waals surface area (Å²) >= 11 is 0. The highest BCUT2D eigenvalue weighted by atomic mass is 16.7. The number of hydrogen-bond donors (Lipinski definition) is 2. The minimum Gasteiger partial charge on any atom is -0.366 e. The third kappa shape index (κ3) is 1.94. The van der Waals surface area contributed by atoms with E-state index in [1.807, 2.05) is 0 Å². The summed E-state index contributed by atoms with van der Waals surface area (Å²) in [6, 6.07) is 0.0370. The first kappa shape index (κ1) is 7.98. The molecule has 3 atom stereocenters. The van der Waals surface area contributed by atoms with Crippen molar-refractivity contribution in [2.45, 2.75) is 44.6 Å². The molecule has 10 heavy (non-hydrogen) atoms. The van der Waals surface area contributed by atoms with Crippen LogP contribution in [0.1, 0.15) is 26.2 Å². The third-order valence-corrected chi connectivity index (χ3v) is 1.81. The fourth-order valence-electron chi connectivity index (χ4n) is 1.03. The number of unbranched alkanes of at least 4 members (excludes halogenated alkanes) is 1. The fourth-order valence-corrected chi connectivity index (χ4v) is 1.03. The van der Waals surface area contributed by atoms with E-state index in [1.54, 1.807) is 0 Å². The quantitative estimate of drug-likeness (QED) is 0.556. The Bertz CT molecular complexity index is 108. The molecule has 0 aromatic rings. The highest BCUT2D eigenvalue weighted by Crippen LogP contribution is 2.23. The third-order valence-electron chi connectivity index (χ3n) is 1.81. The van der Waals surface area contributed by atoms with Crippen LogP contribution in [0, 0.1) is 0 Å². The molecule has 1 aliphatic rings. The molecule has 0 spiro atoms. The summed E-state index contributed by atoms with van der Waals surface area (Å²) in [4.78, 5) is 0. The van der Waals surface area contributed by atoms with Crippen molar-refractivity contribution in [2.24, 2.45) is 5.73 Å². The van der Waals surface area contributed by atoms with Gasteiger partial charge in [-0.1, -0.05) is 19.8 Å². The first-order chi connectivity index (χ1) is 4.75. The summed E-state index contributed by atoms with van der Waals surface area (Å²) in [6.45, 7) is 2.12. The monoisotopic (exact) mass is 145 g/mol. The van der Waals surface area contributed by atoms with Crippen molar-refractivity contribution in [2.75, 3.05) is 0 Å². The summed E-state index contributed by atoms with van der Waals surface area (Å²) in [5.74, 6) is 0. The molecule has 3 unspecified atom stereocenters. The Labute approximate surface area is 61.2 Å². The predicted octanol–water partition coefficient (Wildman–Crippen LogP) is 0.221. The Kier molecular flexibility index (Phi) is 2.65. The molecule has 0 aromatic carbocycles. The second-order valence-electron chi connectivity index (χ2n) is 2.80. The van der Waals surface area contributed by atoms with E-state index in [0.29, 0.717) is 0 Å². The molecule has 0 radical (unpaired) electrons. The molecular weight excluding hydrogens is 130 g/mol. The molecule has 1 fully saturated rings. The normalized spacial score (nSPS) is 33.9. The van der Waals surface area contributed by atoms with Crippen molar-refractivity contribution >= 4 is 0 Å². The number of aliphatic hydroxyl groups is 1. The summed E-state index contributed by atoms with van der Waals surface area (Å²) in [6.07, 6.45) is 2.57. The number of rotatable bonds is 4. The zero-order valence-electron chi connectivity index (χ0n) is 6.29. The Balaban J connectivity index is 2.04. The van der Waals surface area contributed by atoms with Gasteiger partial charge in [0.05, 0.1) is 0 Å². The standard InChI is InChI=1S/C7H15NO2/c1-2-3-4-5(8)6-7(9)10-6/h5-7,9H,2-4,8H2,1H3. The summed E-state index contributed by atoms with van der Waals surface area (Å²) in [5, 5.41) is 8.79. The minimum atomic E-state index is -0.577. The van der Waals surface area contributed by atoms with Gasteiger partial charge >= 0.3 is 0 Å². The maximum Gasteiger partial charge on any atom is 0.183 e. The highest BCUT2D eigenvalue weighted by molar-refractivity contribution is 4.85. The van der Waals surface area contributed by atoms with Gasteiger partial charge in [0.15, 0.2) is 6.29 Å². The molecule has 1 aliphatic heterocycles. The Morgan fingerprint density at radius 1 is 1.70 bits per heavy atom. The van der Waals surface area contributed by atoms with E-state index >= 15 is 0 Å². The van der Waals surface area contributed by atoms with E-state index < -0.39 is 6.29 Å². The van der Waals surface area contributed by atoms with Gasteiger partial charge in [-0.15, -0.1) is 0 Å². The first-order valence-electron chi connectivity index (χ1n) is 3.84. The molecule has 3 N–H and O–H groups in total. The van der Waals surface area contributed by atoms with E-state index in [-0.39, 0.29) is 12.1 Å². The Morgan fingerprint density at radius 2 is 2.30 bits per heavy atom. The molecule has 1 saturated heterocycles. The van der Waals surface area contributed by atoms with Crippen molar-refractivity contribution < 1.29 is 9.84 Å². The lowest BCUT2D eigenvalue weighted by Gasteiger charge is -2.04. The smallest absolute Gasteiger partial charge is 0.183 e. The molecule has 0 amide bonds. The van der Waals surface area contributed by atoms with Crippen LogP contribution in [-0.2, 0) is 4.74 Å². The van der Waals surface area contributed by atoms with Gasteiger partial charge in [0.1, 0.15) is 6.10 Å². The number of epoxide rings is 1. The summed E-state index contributed by atoms with van der Waals surface area (Å²) in [5.41, 5.74) is 5.67. The van der Waals surface area contributed by atoms with Gasteiger partial charge in [-0.05, 0) is 6.42 Å². The van der Waals surface area contributed by atoms with Gasteiger partial charge < -0.3 is 15.6 Å². The molecule has 0 saturated carbocycles. The summed E-state index contributed by atoms with van der Waals surface area (Å²) in [7, 11) is 0. The van der Waals surface area contributed by atoms with Crippen molar-refractivity contribution in [1.29, 1.82) is 0 Å². The Hall–Kier alpha value is -0.120. The molecular formula is C7H15NO2. The van der Waals surface area contributed by atoms with Crippen LogP contribution in [0.3, 0.4) is 0 Å². The SMILES string of the molecule is CCCCC(N)C1OC1O. The van der Waals surface area contributed by atoms with Crippen molar-refractivity contribution in [3.05, 3.63) is 0 Å². The lowest BCUT2D eigenvalue weighted by Crippen LogP contribution is -2.27. The van der Waals surface area contributed by atoms with Gasteiger partial charge in [0.2, 0.25) is 0 Å². The molecule has 1 rings (SSSR count). The maximum absolute atomic E-state index is 8.79. The van der Waals surface area contributed by atoms with E-state index in [9.17, 15) is 0 Å². The van der Waals surface area contributed by atoms with Gasteiger partial charge in [-0.2, -0.15) is 0 Å². The first-order valence-corrected chi connectivity index (χ1v) is 3.84. The zero-order chi connectivity index (χ0) is 7.56. The number of hydrogen-bond acceptors (Lipinski definition) is 3. The van der Waals surface area contributed by atoms with Crippen LogP contribution in [-0.4, -0.2) is 23.5 Å². The van der Waals surface area contributed by atoms with Crippen LogP contribution < -0.4 is 5.73 Å². The maximum atomic E-state index is 8.79. The van der Waals surface area contributed by atoms with Crippen LogP contribution in [0.25, 0.3) is 0 Å². The summed E-state index contributed by atoms with van der Waals surface area (Å²) < 4.78 is 4.81. The average molecular weight is 145 g/mol. The lowest BCUT2D eigenvalue weighted by atomic mass is 10.1. The predicted molar refractivity (Wildman–Crippen MR) is 38.4 cm³/mol. The topological polar surface area (TPSA) is 58.8 Å². The van der Waals surface area contributed by atoms with Crippen LogP contribution in [0.2, 0.25) is 0 Å². The van der Waals surface area contributed by atoms with Gasteiger partial charge in [0.25, 0.3) is 0 Å². The van der Waals surface area contributed by atoms with E-state index in [0.717, 1.165) is 19.3 Å². The van der Waals surface area contributed by atoms with E-state index in [2.05, 4.69) is 6.92 Å². The minimum absolute atomic E-state index is 0.0370. The highest BCUT2D eigenvalue weighted by Gasteiger charge is 2.41. The van der Waals surface area contributed by atoms with Crippen molar-refractivity contribution in [1.82, 2.24) is 0 Å². The Morgan fingerprint density at radius 3 is 2.70 bits per heavy atom.